The maximum atomic E-state index is 5.88. The molecule has 3 nitrogen and oxygen atoms in total. The molecule has 0 saturated carbocycles. The van der Waals surface area contributed by atoms with Crippen molar-refractivity contribution in [1.82, 2.24) is 10.6 Å². The van der Waals surface area contributed by atoms with Crippen LogP contribution in [0.5, 0.6) is 0 Å². The molecule has 0 saturated heterocycles. The van der Waals surface area contributed by atoms with Crippen molar-refractivity contribution in [3.63, 3.8) is 0 Å². The van der Waals surface area contributed by atoms with Crippen molar-refractivity contribution in [3.8, 4) is 0 Å². The molecule has 2 aromatic rings. The van der Waals surface area contributed by atoms with Gasteiger partial charge in [-0.2, -0.15) is 0 Å². The van der Waals surface area contributed by atoms with Gasteiger partial charge >= 0.3 is 0 Å². The Kier molecular flexibility index (Phi) is 8.27. The van der Waals surface area contributed by atoms with Crippen molar-refractivity contribution in [2.24, 2.45) is 4.99 Å². The summed E-state index contributed by atoms with van der Waals surface area (Å²) in [6.07, 6.45) is 0. The van der Waals surface area contributed by atoms with Gasteiger partial charge in [0.05, 0.1) is 6.04 Å². The molecule has 0 radical (unpaired) electrons. The van der Waals surface area contributed by atoms with Gasteiger partial charge in [-0.15, -0.1) is 24.0 Å². The summed E-state index contributed by atoms with van der Waals surface area (Å²) >= 11 is 5.88. The molecular formula is C17H21ClIN3. The Balaban J connectivity index is 0.00000242. The average Bonchev–Trinajstić information content (AvgIpc) is 2.53. The number of rotatable bonds is 4. The molecule has 0 spiro atoms. The molecule has 2 aromatic carbocycles. The van der Waals surface area contributed by atoms with Crippen LogP contribution in [-0.2, 0) is 6.54 Å². The van der Waals surface area contributed by atoms with E-state index in [2.05, 4.69) is 34.7 Å². The van der Waals surface area contributed by atoms with E-state index in [9.17, 15) is 0 Å². The first-order valence-corrected chi connectivity index (χ1v) is 7.33. The summed E-state index contributed by atoms with van der Waals surface area (Å²) in [6, 6.07) is 18.3. The van der Waals surface area contributed by atoms with Crippen LogP contribution in [0.4, 0.5) is 0 Å². The summed E-state index contributed by atoms with van der Waals surface area (Å²) in [4.78, 5) is 4.25. The van der Waals surface area contributed by atoms with Gasteiger partial charge in [0.2, 0.25) is 0 Å². The van der Waals surface area contributed by atoms with E-state index in [0.717, 1.165) is 16.5 Å². The third-order valence-corrected chi connectivity index (χ3v) is 3.50. The summed E-state index contributed by atoms with van der Waals surface area (Å²) in [5.41, 5.74) is 2.39. The van der Waals surface area contributed by atoms with Crippen LogP contribution in [0.3, 0.4) is 0 Å². The first-order chi connectivity index (χ1) is 10.2. The maximum Gasteiger partial charge on any atom is 0.191 e. The van der Waals surface area contributed by atoms with Gasteiger partial charge in [-0.25, -0.2) is 0 Å². The van der Waals surface area contributed by atoms with Crippen LogP contribution in [0, 0.1) is 0 Å². The molecule has 22 heavy (non-hydrogen) atoms. The molecule has 2 rings (SSSR count). The topological polar surface area (TPSA) is 36.4 Å². The molecule has 0 aliphatic rings. The van der Waals surface area contributed by atoms with Gasteiger partial charge < -0.3 is 10.6 Å². The lowest BCUT2D eigenvalue weighted by Crippen LogP contribution is -2.38. The minimum atomic E-state index is 0. The lowest BCUT2D eigenvalue weighted by molar-refractivity contribution is 0.685. The first kappa shape index (κ1) is 18.8. The summed E-state index contributed by atoms with van der Waals surface area (Å²) in [6.45, 7) is 2.82. The van der Waals surface area contributed by atoms with E-state index in [-0.39, 0.29) is 30.0 Å². The fraction of sp³-hybridized carbons (Fsp3) is 0.235. The van der Waals surface area contributed by atoms with E-state index in [4.69, 9.17) is 11.6 Å². The van der Waals surface area contributed by atoms with Gasteiger partial charge in [0.25, 0.3) is 0 Å². The number of hydrogen-bond acceptors (Lipinski definition) is 1. The van der Waals surface area contributed by atoms with E-state index in [0.29, 0.717) is 6.54 Å². The number of nitrogens with one attached hydrogen (secondary N) is 2. The summed E-state index contributed by atoms with van der Waals surface area (Å²) < 4.78 is 0. The van der Waals surface area contributed by atoms with Gasteiger partial charge in [-0.1, -0.05) is 54.1 Å². The van der Waals surface area contributed by atoms with Crippen LogP contribution in [0.2, 0.25) is 5.02 Å². The van der Waals surface area contributed by atoms with Crippen LogP contribution >= 0.6 is 35.6 Å². The first-order valence-electron chi connectivity index (χ1n) is 6.95. The molecule has 5 heteroatoms. The van der Waals surface area contributed by atoms with Crippen LogP contribution < -0.4 is 10.6 Å². The van der Waals surface area contributed by atoms with Gasteiger partial charge in [0.1, 0.15) is 0 Å². The molecule has 0 aromatic heterocycles. The van der Waals surface area contributed by atoms with Crippen molar-refractivity contribution in [1.29, 1.82) is 0 Å². The Labute approximate surface area is 154 Å². The van der Waals surface area contributed by atoms with Crippen molar-refractivity contribution in [3.05, 3.63) is 70.7 Å². The largest absolute Gasteiger partial charge is 0.352 e. The van der Waals surface area contributed by atoms with Crippen molar-refractivity contribution in [2.75, 3.05) is 7.05 Å². The monoisotopic (exact) mass is 429 g/mol. The minimum Gasteiger partial charge on any atom is -0.352 e. The number of nitrogens with zero attached hydrogens (tertiary/aromatic N) is 1. The van der Waals surface area contributed by atoms with Gasteiger partial charge in [0, 0.05) is 18.6 Å². The zero-order valence-corrected chi connectivity index (χ0v) is 15.8. The smallest absolute Gasteiger partial charge is 0.191 e. The van der Waals surface area contributed by atoms with Crippen LogP contribution in [-0.4, -0.2) is 13.0 Å². The van der Waals surface area contributed by atoms with E-state index in [1.54, 1.807) is 7.05 Å². The number of halogens is 2. The fourth-order valence-corrected chi connectivity index (χ4v) is 2.14. The second-order valence-electron chi connectivity index (χ2n) is 4.83. The van der Waals surface area contributed by atoms with Crippen LogP contribution in [0.1, 0.15) is 24.1 Å². The van der Waals surface area contributed by atoms with E-state index < -0.39 is 0 Å². The molecule has 2 N–H and O–H groups in total. The van der Waals surface area contributed by atoms with E-state index >= 15 is 0 Å². The van der Waals surface area contributed by atoms with Crippen molar-refractivity contribution < 1.29 is 0 Å². The Morgan fingerprint density at radius 1 is 1.09 bits per heavy atom. The van der Waals surface area contributed by atoms with Crippen molar-refractivity contribution in [2.45, 2.75) is 19.5 Å². The summed E-state index contributed by atoms with van der Waals surface area (Å²) in [5, 5.41) is 7.43. The minimum absolute atomic E-state index is 0. The highest BCUT2D eigenvalue weighted by Crippen LogP contribution is 2.11. The molecule has 0 aliphatic heterocycles. The lowest BCUT2D eigenvalue weighted by atomic mass is 10.1. The Morgan fingerprint density at radius 3 is 2.32 bits per heavy atom. The average molecular weight is 430 g/mol. The quantitative estimate of drug-likeness (QED) is 0.430. The Morgan fingerprint density at radius 2 is 1.73 bits per heavy atom. The molecule has 1 atom stereocenters. The molecule has 0 bridgehead atoms. The predicted octanol–water partition coefficient (Wildman–Crippen LogP) is 4.38. The van der Waals surface area contributed by atoms with Gasteiger partial charge in [-0.3, -0.25) is 4.99 Å². The predicted molar refractivity (Wildman–Crippen MR) is 105 cm³/mol. The van der Waals surface area contributed by atoms with E-state index in [1.165, 1.54) is 5.56 Å². The molecule has 0 amide bonds. The molecule has 118 valence electrons. The Hall–Kier alpha value is -1.27. The highest BCUT2D eigenvalue weighted by Gasteiger charge is 2.06. The summed E-state index contributed by atoms with van der Waals surface area (Å²) in [7, 11) is 1.77. The van der Waals surface area contributed by atoms with Gasteiger partial charge in [-0.05, 0) is 30.2 Å². The highest BCUT2D eigenvalue weighted by molar-refractivity contribution is 14.0. The van der Waals surface area contributed by atoms with Gasteiger partial charge in [0.15, 0.2) is 5.96 Å². The molecule has 0 fully saturated rings. The fourth-order valence-electron chi connectivity index (χ4n) is 2.01. The highest BCUT2D eigenvalue weighted by atomic mass is 127. The maximum absolute atomic E-state index is 5.88. The lowest BCUT2D eigenvalue weighted by Gasteiger charge is -2.18. The number of guanidine groups is 1. The summed E-state index contributed by atoms with van der Waals surface area (Å²) in [5.74, 6) is 0.779. The second-order valence-corrected chi connectivity index (χ2v) is 5.27. The number of benzene rings is 2. The Bertz CT molecular complexity index is 585. The third kappa shape index (κ3) is 5.85. The SMILES string of the molecule is CN=C(NCc1ccc(Cl)cc1)NC(C)c1ccccc1.I. The molecule has 0 aliphatic carbocycles. The van der Waals surface area contributed by atoms with Crippen molar-refractivity contribution >= 4 is 41.5 Å². The molecule has 1 unspecified atom stereocenters. The zero-order valence-electron chi connectivity index (χ0n) is 12.7. The molecule has 0 heterocycles. The van der Waals surface area contributed by atoms with Crippen LogP contribution in [0.15, 0.2) is 59.6 Å². The number of aliphatic imine (C=N–C) groups is 1. The third-order valence-electron chi connectivity index (χ3n) is 3.25. The van der Waals surface area contributed by atoms with Crippen LogP contribution in [0.25, 0.3) is 0 Å². The molecular weight excluding hydrogens is 409 g/mol. The zero-order chi connectivity index (χ0) is 15.1. The standard InChI is InChI=1S/C17H20ClN3.HI/c1-13(15-6-4-3-5-7-15)21-17(19-2)20-12-14-8-10-16(18)11-9-14;/h3-11,13H,12H2,1-2H3,(H2,19,20,21);1H. The number of hydrogen-bond donors (Lipinski definition) is 2. The van der Waals surface area contributed by atoms with E-state index in [1.807, 2.05) is 42.5 Å². The second kappa shape index (κ2) is 9.69. The normalized spacial score (nSPS) is 12.2.